The van der Waals surface area contributed by atoms with Crippen molar-refractivity contribution in [3.63, 3.8) is 0 Å². The number of aliphatic hydroxyl groups is 4. The first-order chi connectivity index (χ1) is 18.0. The maximum Gasteiger partial charge on any atom is 0.266 e. The molecule has 4 aliphatic rings. The number of nitrogens with one attached hydrogen (secondary N) is 1. The lowest BCUT2D eigenvalue weighted by atomic mass is 9.42. The summed E-state index contributed by atoms with van der Waals surface area (Å²) in [7, 11) is -4.10. The summed E-state index contributed by atoms with van der Waals surface area (Å²) in [6.07, 6.45) is 5.17. The standard InChI is InChI=1S/C29H51NO8S/c1-17(6-5-7-18(2)26(34)30-12-13-39(36,37)38)22-15-23(32)25-20-14-24(33)29(35)16-19(31)8-11-28(29,4)21(20)9-10-27(22,25)3/h17-25,31-33,35H,5-16H2,1-4H3,(H,30,34)(H,36,37,38). The first kappa shape index (κ1) is 31.2. The zero-order valence-electron chi connectivity index (χ0n) is 24.1. The lowest BCUT2D eigenvalue weighted by Crippen LogP contribution is -2.69. The fourth-order valence-corrected chi connectivity index (χ4v) is 10.2. The van der Waals surface area contributed by atoms with Gasteiger partial charge in [0, 0.05) is 24.3 Å². The number of carbonyl (C=O) groups is 1. The third-order valence-corrected chi connectivity index (χ3v) is 12.7. The fraction of sp³-hybridized carbons (Fsp3) is 0.966. The molecular weight excluding hydrogens is 522 g/mol. The average Bonchev–Trinajstić information content (AvgIpc) is 3.11. The van der Waals surface area contributed by atoms with Crippen molar-refractivity contribution in [2.24, 2.45) is 46.3 Å². The average molecular weight is 574 g/mol. The van der Waals surface area contributed by atoms with Crippen LogP contribution in [-0.4, -0.2) is 75.5 Å². The molecule has 0 saturated heterocycles. The first-order valence-corrected chi connectivity index (χ1v) is 16.6. The lowest BCUT2D eigenvalue weighted by molar-refractivity contribution is -0.268. The van der Waals surface area contributed by atoms with Crippen LogP contribution >= 0.6 is 0 Å². The van der Waals surface area contributed by atoms with Crippen molar-refractivity contribution in [3.05, 3.63) is 0 Å². The van der Waals surface area contributed by atoms with Crippen LogP contribution in [0.15, 0.2) is 0 Å². The molecule has 0 aromatic heterocycles. The largest absolute Gasteiger partial charge is 0.393 e. The van der Waals surface area contributed by atoms with Crippen molar-refractivity contribution in [3.8, 4) is 0 Å². The third kappa shape index (κ3) is 5.67. The number of hydrogen-bond acceptors (Lipinski definition) is 7. The Balaban J connectivity index is 1.38. The molecule has 12 atom stereocenters. The molecule has 0 aromatic rings. The minimum absolute atomic E-state index is 0.0570. The second-order valence-corrected chi connectivity index (χ2v) is 15.7. The van der Waals surface area contributed by atoms with E-state index >= 15 is 0 Å². The summed E-state index contributed by atoms with van der Waals surface area (Å²) >= 11 is 0. The predicted molar refractivity (Wildman–Crippen MR) is 147 cm³/mol. The van der Waals surface area contributed by atoms with Crippen LogP contribution in [-0.2, 0) is 14.9 Å². The van der Waals surface area contributed by atoms with Gasteiger partial charge < -0.3 is 25.7 Å². The van der Waals surface area contributed by atoms with E-state index in [-0.39, 0.29) is 48.0 Å². The molecule has 6 N–H and O–H groups in total. The number of aliphatic hydroxyl groups excluding tert-OH is 3. The Hall–Kier alpha value is -0.780. The quantitative estimate of drug-likeness (QED) is 0.229. The molecule has 10 heteroatoms. The Morgan fingerprint density at radius 2 is 1.74 bits per heavy atom. The van der Waals surface area contributed by atoms with Gasteiger partial charge in [0.05, 0.1) is 29.7 Å². The van der Waals surface area contributed by atoms with Crippen molar-refractivity contribution < 1.29 is 38.2 Å². The molecule has 0 bridgehead atoms. The normalized spacial score (nSPS) is 45.5. The second-order valence-electron chi connectivity index (χ2n) is 14.1. The number of carbonyl (C=O) groups excluding carboxylic acids is 1. The van der Waals surface area contributed by atoms with E-state index in [0.29, 0.717) is 37.5 Å². The molecule has 1 amide bonds. The van der Waals surface area contributed by atoms with Crippen LogP contribution in [0, 0.1) is 46.3 Å². The van der Waals surface area contributed by atoms with Gasteiger partial charge >= 0.3 is 0 Å². The Kier molecular flexibility index (Phi) is 8.90. The Morgan fingerprint density at radius 1 is 1.05 bits per heavy atom. The van der Waals surface area contributed by atoms with E-state index < -0.39 is 45.2 Å². The molecule has 12 unspecified atom stereocenters. The summed E-state index contributed by atoms with van der Waals surface area (Å²) in [6, 6.07) is 0. The van der Waals surface area contributed by atoms with Crippen LogP contribution in [0.2, 0.25) is 0 Å². The summed E-state index contributed by atoms with van der Waals surface area (Å²) in [5.74, 6) is 0.127. The van der Waals surface area contributed by atoms with E-state index in [9.17, 15) is 33.6 Å². The highest BCUT2D eigenvalue weighted by Crippen LogP contribution is 2.69. The monoisotopic (exact) mass is 573 g/mol. The van der Waals surface area contributed by atoms with Crippen molar-refractivity contribution in [1.29, 1.82) is 0 Å². The molecule has 4 rings (SSSR count). The molecular formula is C29H51NO8S. The molecule has 0 spiro atoms. The smallest absolute Gasteiger partial charge is 0.266 e. The molecule has 4 saturated carbocycles. The molecule has 39 heavy (non-hydrogen) atoms. The van der Waals surface area contributed by atoms with Crippen LogP contribution in [0.25, 0.3) is 0 Å². The summed E-state index contributed by atoms with van der Waals surface area (Å²) < 4.78 is 30.5. The minimum atomic E-state index is -4.10. The van der Waals surface area contributed by atoms with Gasteiger partial charge in [-0.3, -0.25) is 9.35 Å². The van der Waals surface area contributed by atoms with Gasteiger partial charge in [0.25, 0.3) is 10.1 Å². The number of fused-ring (bicyclic) bond motifs is 5. The van der Waals surface area contributed by atoms with Crippen molar-refractivity contribution in [2.75, 3.05) is 12.3 Å². The Morgan fingerprint density at radius 3 is 2.41 bits per heavy atom. The second kappa shape index (κ2) is 11.1. The van der Waals surface area contributed by atoms with Gasteiger partial charge in [-0.25, -0.2) is 0 Å². The van der Waals surface area contributed by atoms with Crippen molar-refractivity contribution >= 4 is 16.0 Å². The number of amides is 1. The van der Waals surface area contributed by atoms with Crippen LogP contribution in [0.5, 0.6) is 0 Å². The van der Waals surface area contributed by atoms with Crippen molar-refractivity contribution in [2.45, 2.75) is 116 Å². The molecule has 0 aliphatic heterocycles. The zero-order chi connectivity index (χ0) is 29.0. The maximum atomic E-state index is 12.3. The van der Waals surface area contributed by atoms with Gasteiger partial charge in [0.2, 0.25) is 5.91 Å². The van der Waals surface area contributed by atoms with E-state index in [1.54, 1.807) is 0 Å². The molecule has 226 valence electrons. The predicted octanol–water partition coefficient (Wildman–Crippen LogP) is 2.51. The molecule has 0 heterocycles. The molecule has 0 radical (unpaired) electrons. The SMILES string of the molecule is CC(CCCC(C)C1CC(O)C2C3CC(O)C4(O)CC(O)CCC4(C)C3CCC12C)C(=O)NCCS(=O)(=O)O. The zero-order valence-corrected chi connectivity index (χ0v) is 24.9. The highest BCUT2D eigenvalue weighted by atomic mass is 32.2. The minimum Gasteiger partial charge on any atom is -0.393 e. The van der Waals surface area contributed by atoms with Gasteiger partial charge in [-0.05, 0) is 80.0 Å². The van der Waals surface area contributed by atoms with Gasteiger partial charge in [0.15, 0.2) is 0 Å². The van der Waals surface area contributed by atoms with Gasteiger partial charge in [-0.2, -0.15) is 8.42 Å². The highest BCUT2D eigenvalue weighted by molar-refractivity contribution is 7.85. The molecule has 4 fully saturated rings. The maximum absolute atomic E-state index is 12.3. The van der Waals surface area contributed by atoms with Gasteiger partial charge in [0.1, 0.15) is 0 Å². The van der Waals surface area contributed by atoms with E-state index in [1.165, 1.54) is 0 Å². The topological polar surface area (TPSA) is 164 Å². The number of hydrogen-bond donors (Lipinski definition) is 6. The van der Waals surface area contributed by atoms with Gasteiger partial charge in [-0.15, -0.1) is 0 Å². The van der Waals surface area contributed by atoms with E-state index in [1.807, 2.05) is 6.92 Å². The van der Waals surface area contributed by atoms with E-state index in [2.05, 4.69) is 26.1 Å². The van der Waals surface area contributed by atoms with E-state index in [0.717, 1.165) is 32.1 Å². The van der Waals surface area contributed by atoms with E-state index in [4.69, 9.17) is 4.55 Å². The van der Waals surface area contributed by atoms with Crippen LogP contribution in [0.4, 0.5) is 0 Å². The van der Waals surface area contributed by atoms with Crippen molar-refractivity contribution in [1.82, 2.24) is 5.32 Å². The first-order valence-electron chi connectivity index (χ1n) is 15.0. The summed E-state index contributed by atoms with van der Waals surface area (Å²) in [5, 5.41) is 47.2. The summed E-state index contributed by atoms with van der Waals surface area (Å²) in [4.78, 5) is 12.3. The third-order valence-electron chi connectivity index (χ3n) is 12.0. The fourth-order valence-electron chi connectivity index (χ4n) is 9.81. The highest BCUT2D eigenvalue weighted by Gasteiger charge is 2.68. The summed E-state index contributed by atoms with van der Waals surface area (Å²) in [5.41, 5.74) is -1.82. The molecule has 0 aromatic carbocycles. The molecule has 4 aliphatic carbocycles. The van der Waals surface area contributed by atoms with Crippen LogP contribution < -0.4 is 5.32 Å². The number of rotatable bonds is 9. The van der Waals surface area contributed by atoms with Crippen LogP contribution in [0.1, 0.15) is 91.9 Å². The summed E-state index contributed by atoms with van der Waals surface area (Å²) in [6.45, 7) is 8.38. The Labute approximate surface area is 233 Å². The molecule has 9 nitrogen and oxygen atoms in total. The lowest BCUT2D eigenvalue weighted by Gasteiger charge is -2.65. The van der Waals surface area contributed by atoms with Gasteiger partial charge in [-0.1, -0.05) is 40.5 Å². The van der Waals surface area contributed by atoms with Crippen LogP contribution in [0.3, 0.4) is 0 Å². The Bertz CT molecular complexity index is 1010.